The zero-order chi connectivity index (χ0) is 15.2. The van der Waals surface area contributed by atoms with Crippen molar-refractivity contribution >= 4 is 11.7 Å². The standard InChI is InChI=1S/C14H22N4O3/c1-2-3-9-17(10-11-5-4-8-15-11)14(19)12-6-7-13(16-12)18(20)21/h6-7,11,15-16H,2-5,8-10H2,1H3. The van der Waals surface area contributed by atoms with Gasteiger partial charge in [-0.3, -0.25) is 4.79 Å². The van der Waals surface area contributed by atoms with Gasteiger partial charge in [-0.25, -0.2) is 4.98 Å². The molecular formula is C14H22N4O3. The molecule has 1 fully saturated rings. The number of nitrogens with zero attached hydrogens (tertiary/aromatic N) is 2. The molecule has 116 valence electrons. The Morgan fingerprint density at radius 2 is 2.33 bits per heavy atom. The smallest absolute Gasteiger partial charge is 0.321 e. The van der Waals surface area contributed by atoms with Gasteiger partial charge >= 0.3 is 5.82 Å². The molecule has 7 heteroatoms. The van der Waals surface area contributed by atoms with Crippen LogP contribution in [0.15, 0.2) is 12.1 Å². The van der Waals surface area contributed by atoms with Gasteiger partial charge in [0.1, 0.15) is 0 Å². The predicted octanol–water partition coefficient (Wildman–Crippen LogP) is 1.92. The van der Waals surface area contributed by atoms with Crippen molar-refractivity contribution in [1.29, 1.82) is 0 Å². The van der Waals surface area contributed by atoms with Gasteiger partial charge in [0.25, 0.3) is 5.91 Å². The van der Waals surface area contributed by atoms with Crippen LogP contribution in [0.4, 0.5) is 5.82 Å². The van der Waals surface area contributed by atoms with E-state index in [1.54, 1.807) is 4.90 Å². The largest absolute Gasteiger partial charge is 0.358 e. The number of nitrogens with one attached hydrogen (secondary N) is 2. The van der Waals surface area contributed by atoms with Gasteiger partial charge in [0.15, 0.2) is 5.69 Å². The van der Waals surface area contributed by atoms with E-state index in [1.807, 2.05) is 0 Å². The number of carbonyl (C=O) groups excluding carboxylic acids is 1. The van der Waals surface area contributed by atoms with Crippen LogP contribution >= 0.6 is 0 Å². The number of aromatic amines is 1. The summed E-state index contributed by atoms with van der Waals surface area (Å²) in [6.07, 6.45) is 4.14. The molecule has 2 rings (SSSR count). The lowest BCUT2D eigenvalue weighted by Crippen LogP contribution is -2.41. The molecule has 2 heterocycles. The summed E-state index contributed by atoms with van der Waals surface area (Å²) < 4.78 is 0. The van der Waals surface area contributed by atoms with E-state index in [-0.39, 0.29) is 17.4 Å². The SMILES string of the molecule is CCCCN(CC1CCCN1)C(=O)c1ccc([N+](=O)[O-])[nH]1. The summed E-state index contributed by atoms with van der Waals surface area (Å²) in [5.41, 5.74) is 0.288. The molecule has 1 amide bonds. The summed E-state index contributed by atoms with van der Waals surface area (Å²) in [5.74, 6) is -0.307. The number of rotatable bonds is 7. The first kappa shape index (κ1) is 15.5. The summed E-state index contributed by atoms with van der Waals surface area (Å²) in [7, 11) is 0. The minimum absolute atomic E-state index is 0.146. The highest BCUT2D eigenvalue weighted by Gasteiger charge is 2.25. The Morgan fingerprint density at radius 1 is 1.52 bits per heavy atom. The Kier molecular flexibility index (Phi) is 5.32. The van der Waals surface area contributed by atoms with E-state index < -0.39 is 4.92 Å². The number of hydrogen-bond acceptors (Lipinski definition) is 4. The maximum atomic E-state index is 12.5. The van der Waals surface area contributed by atoms with E-state index in [2.05, 4.69) is 17.2 Å². The van der Waals surface area contributed by atoms with E-state index in [9.17, 15) is 14.9 Å². The van der Waals surface area contributed by atoms with Crippen LogP contribution in [0, 0.1) is 10.1 Å². The Hall–Kier alpha value is -1.89. The highest BCUT2D eigenvalue weighted by molar-refractivity contribution is 5.93. The highest BCUT2D eigenvalue weighted by atomic mass is 16.6. The second-order valence-electron chi connectivity index (χ2n) is 5.41. The Bertz CT molecular complexity index is 494. The molecule has 0 aliphatic carbocycles. The molecule has 1 unspecified atom stereocenters. The molecule has 0 saturated carbocycles. The third-order valence-electron chi connectivity index (χ3n) is 3.77. The van der Waals surface area contributed by atoms with E-state index in [4.69, 9.17) is 0 Å². The number of nitro groups is 1. The fraction of sp³-hybridized carbons (Fsp3) is 0.643. The molecule has 0 spiro atoms. The fourth-order valence-corrected chi connectivity index (χ4v) is 2.59. The van der Waals surface area contributed by atoms with Crippen LogP contribution in [-0.2, 0) is 0 Å². The molecule has 21 heavy (non-hydrogen) atoms. The van der Waals surface area contributed by atoms with Crippen LogP contribution in [0.2, 0.25) is 0 Å². The third-order valence-corrected chi connectivity index (χ3v) is 3.77. The summed E-state index contributed by atoms with van der Waals surface area (Å²) in [6.45, 7) is 4.41. The number of hydrogen-bond donors (Lipinski definition) is 2. The number of unbranched alkanes of at least 4 members (excludes halogenated alkanes) is 1. The Balaban J connectivity index is 2.05. The molecule has 0 radical (unpaired) electrons. The van der Waals surface area contributed by atoms with Crippen molar-refractivity contribution < 1.29 is 9.72 Å². The normalized spacial score (nSPS) is 17.9. The second-order valence-corrected chi connectivity index (χ2v) is 5.41. The Morgan fingerprint density at radius 3 is 2.90 bits per heavy atom. The summed E-state index contributed by atoms with van der Waals surface area (Å²) in [4.78, 5) is 27.1. The lowest BCUT2D eigenvalue weighted by Gasteiger charge is -2.24. The van der Waals surface area contributed by atoms with E-state index in [1.165, 1.54) is 12.1 Å². The second kappa shape index (κ2) is 7.21. The van der Waals surface area contributed by atoms with Gasteiger partial charge in [0.05, 0.1) is 0 Å². The number of aromatic nitrogens is 1. The molecule has 1 atom stereocenters. The van der Waals surface area contributed by atoms with Crippen molar-refractivity contribution in [3.8, 4) is 0 Å². The van der Waals surface area contributed by atoms with Gasteiger partial charge in [-0.05, 0) is 36.8 Å². The fourth-order valence-electron chi connectivity index (χ4n) is 2.59. The number of amides is 1. The average molecular weight is 294 g/mol. The molecule has 2 N–H and O–H groups in total. The quantitative estimate of drug-likeness (QED) is 0.593. The molecule has 0 aromatic carbocycles. The van der Waals surface area contributed by atoms with Gasteiger partial charge in [-0.1, -0.05) is 13.3 Å². The van der Waals surface area contributed by atoms with Crippen LogP contribution in [0.3, 0.4) is 0 Å². The maximum Gasteiger partial charge on any atom is 0.321 e. The van der Waals surface area contributed by atoms with Crippen LogP contribution < -0.4 is 5.32 Å². The third kappa shape index (κ3) is 4.04. The molecule has 1 aromatic heterocycles. The maximum absolute atomic E-state index is 12.5. The monoisotopic (exact) mass is 294 g/mol. The minimum Gasteiger partial charge on any atom is -0.358 e. The van der Waals surface area contributed by atoms with E-state index in [0.717, 1.165) is 32.2 Å². The molecular weight excluding hydrogens is 272 g/mol. The van der Waals surface area contributed by atoms with Crippen LogP contribution in [0.5, 0.6) is 0 Å². The van der Waals surface area contributed by atoms with Crippen LogP contribution in [-0.4, -0.2) is 46.4 Å². The van der Waals surface area contributed by atoms with Gasteiger partial charge < -0.3 is 20.3 Å². The molecule has 1 aliphatic heterocycles. The van der Waals surface area contributed by atoms with Crippen molar-refractivity contribution in [2.75, 3.05) is 19.6 Å². The van der Waals surface area contributed by atoms with E-state index in [0.29, 0.717) is 19.1 Å². The van der Waals surface area contributed by atoms with Crippen molar-refractivity contribution in [2.24, 2.45) is 0 Å². The molecule has 0 bridgehead atoms. The van der Waals surface area contributed by atoms with E-state index >= 15 is 0 Å². The van der Waals surface area contributed by atoms with Crippen LogP contribution in [0.1, 0.15) is 43.1 Å². The zero-order valence-corrected chi connectivity index (χ0v) is 12.3. The van der Waals surface area contributed by atoms with Gasteiger partial charge in [-0.15, -0.1) is 0 Å². The average Bonchev–Trinajstić information content (AvgIpc) is 3.13. The van der Waals surface area contributed by atoms with Crippen molar-refractivity contribution in [3.05, 3.63) is 27.9 Å². The first-order valence-electron chi connectivity index (χ1n) is 7.48. The molecule has 1 aromatic rings. The summed E-state index contributed by atoms with van der Waals surface area (Å²) in [6, 6.07) is 3.15. The van der Waals surface area contributed by atoms with Gasteiger partial charge in [0, 0.05) is 25.2 Å². The number of carbonyl (C=O) groups is 1. The van der Waals surface area contributed by atoms with Crippen LogP contribution in [0.25, 0.3) is 0 Å². The van der Waals surface area contributed by atoms with Crippen molar-refractivity contribution in [3.63, 3.8) is 0 Å². The molecule has 7 nitrogen and oxygen atoms in total. The highest BCUT2D eigenvalue weighted by Crippen LogP contribution is 2.14. The first-order chi connectivity index (χ1) is 10.1. The lowest BCUT2D eigenvalue weighted by atomic mass is 10.2. The molecule has 1 saturated heterocycles. The summed E-state index contributed by atoms with van der Waals surface area (Å²) in [5, 5.41) is 14.1. The van der Waals surface area contributed by atoms with Gasteiger partial charge in [0.2, 0.25) is 0 Å². The molecule has 1 aliphatic rings. The minimum atomic E-state index is -0.522. The Labute approximate surface area is 123 Å². The van der Waals surface area contributed by atoms with Crippen molar-refractivity contribution in [1.82, 2.24) is 15.2 Å². The first-order valence-corrected chi connectivity index (χ1v) is 7.48. The zero-order valence-electron chi connectivity index (χ0n) is 12.3. The van der Waals surface area contributed by atoms with Crippen molar-refractivity contribution in [2.45, 2.75) is 38.6 Å². The van der Waals surface area contributed by atoms with Gasteiger partial charge in [-0.2, -0.15) is 0 Å². The predicted molar refractivity (Wildman–Crippen MR) is 79.3 cm³/mol. The summed E-state index contributed by atoms with van der Waals surface area (Å²) >= 11 is 0. The lowest BCUT2D eigenvalue weighted by molar-refractivity contribution is -0.389. The number of H-pyrrole nitrogens is 1. The topological polar surface area (TPSA) is 91.3 Å².